The quantitative estimate of drug-likeness (QED) is 0.614. The van der Waals surface area contributed by atoms with E-state index in [9.17, 15) is 4.79 Å². The van der Waals surface area contributed by atoms with Gasteiger partial charge in [0.2, 0.25) is 0 Å². The van der Waals surface area contributed by atoms with E-state index in [1.165, 1.54) is 0 Å². The predicted octanol–water partition coefficient (Wildman–Crippen LogP) is 3.92. The highest BCUT2D eigenvalue weighted by Gasteiger charge is 2.47. The van der Waals surface area contributed by atoms with Gasteiger partial charge in [-0.05, 0) is 43.6 Å². The lowest BCUT2D eigenvalue weighted by molar-refractivity contribution is -0.165. The second-order valence-electron chi connectivity index (χ2n) is 6.63. The van der Waals surface area contributed by atoms with Crippen LogP contribution in [0.4, 0.5) is 0 Å². The van der Waals surface area contributed by atoms with Crippen LogP contribution in [0.2, 0.25) is 0 Å². The molecule has 1 aromatic carbocycles. The van der Waals surface area contributed by atoms with Crippen LogP contribution in [-0.2, 0) is 15.1 Å². The molecule has 106 valence electrons. The summed E-state index contributed by atoms with van der Waals surface area (Å²) in [5.41, 5.74) is 0.476. The highest BCUT2D eigenvalue weighted by molar-refractivity contribution is 5.75. The van der Waals surface area contributed by atoms with Crippen molar-refractivity contribution in [2.24, 2.45) is 23.7 Å². The summed E-state index contributed by atoms with van der Waals surface area (Å²) < 4.78 is 5.86. The van der Waals surface area contributed by atoms with Gasteiger partial charge in [-0.15, -0.1) is 0 Å². The average Bonchev–Trinajstić information content (AvgIpc) is 2.99. The third kappa shape index (κ3) is 2.17. The molecule has 0 N–H and O–H groups in total. The summed E-state index contributed by atoms with van der Waals surface area (Å²) in [6.07, 6.45) is 5.58. The van der Waals surface area contributed by atoms with Crippen molar-refractivity contribution >= 4 is 5.97 Å². The van der Waals surface area contributed by atoms with E-state index in [2.05, 4.69) is 19.1 Å². The zero-order valence-electron chi connectivity index (χ0n) is 12.4. The van der Waals surface area contributed by atoms with Gasteiger partial charge in [-0.1, -0.05) is 49.4 Å². The molecule has 0 heterocycles. The van der Waals surface area contributed by atoms with Gasteiger partial charge in [-0.25, -0.2) is 0 Å². The molecule has 2 aliphatic rings. The Kier molecular flexibility index (Phi) is 3.19. The minimum atomic E-state index is -0.566. The van der Waals surface area contributed by atoms with Crippen molar-refractivity contribution in [2.45, 2.75) is 32.8 Å². The van der Waals surface area contributed by atoms with E-state index in [0.717, 1.165) is 12.0 Å². The van der Waals surface area contributed by atoms with E-state index in [-0.39, 0.29) is 11.9 Å². The van der Waals surface area contributed by atoms with Crippen molar-refractivity contribution in [1.82, 2.24) is 0 Å². The molecule has 20 heavy (non-hydrogen) atoms. The number of carbonyl (C=O) groups excluding carboxylic acids is 1. The molecule has 0 amide bonds. The van der Waals surface area contributed by atoms with Gasteiger partial charge in [0.05, 0.1) is 5.92 Å². The largest absolute Gasteiger partial charge is 0.455 e. The Bertz CT molecular complexity index is 530. The molecular formula is C18H22O2. The number of hydrogen-bond acceptors (Lipinski definition) is 2. The van der Waals surface area contributed by atoms with E-state index in [0.29, 0.717) is 17.8 Å². The molecule has 4 unspecified atom stereocenters. The van der Waals surface area contributed by atoms with Gasteiger partial charge in [0, 0.05) is 0 Å². The molecule has 0 aromatic heterocycles. The lowest BCUT2D eigenvalue weighted by atomic mass is 9.84. The molecule has 3 rings (SSSR count). The highest BCUT2D eigenvalue weighted by Crippen LogP contribution is 2.48. The first-order valence-electron chi connectivity index (χ1n) is 7.46. The number of esters is 1. The molecule has 2 heteroatoms. The zero-order valence-corrected chi connectivity index (χ0v) is 12.4. The van der Waals surface area contributed by atoms with Crippen LogP contribution in [0.3, 0.4) is 0 Å². The van der Waals surface area contributed by atoms with Crippen LogP contribution < -0.4 is 0 Å². The minimum absolute atomic E-state index is 0.0352. The average molecular weight is 270 g/mol. The number of allylic oxidation sites excluding steroid dienone is 2. The second kappa shape index (κ2) is 4.76. The Morgan fingerprint density at radius 2 is 1.80 bits per heavy atom. The molecule has 0 spiro atoms. The fourth-order valence-corrected chi connectivity index (χ4v) is 3.68. The van der Waals surface area contributed by atoms with Crippen molar-refractivity contribution in [3.63, 3.8) is 0 Å². The van der Waals surface area contributed by atoms with E-state index in [1.807, 2.05) is 44.2 Å². The Morgan fingerprint density at radius 3 is 2.40 bits per heavy atom. The molecule has 4 atom stereocenters. The molecule has 2 aliphatic carbocycles. The van der Waals surface area contributed by atoms with Crippen LogP contribution in [0.25, 0.3) is 0 Å². The SMILES string of the molecule is CC1C2C=CC(C2)C1C(=O)OC(C)(C)c1ccccc1. The van der Waals surface area contributed by atoms with Gasteiger partial charge in [0.1, 0.15) is 5.60 Å². The summed E-state index contributed by atoms with van der Waals surface area (Å²) in [5, 5.41) is 0. The minimum Gasteiger partial charge on any atom is -0.455 e. The van der Waals surface area contributed by atoms with E-state index >= 15 is 0 Å². The van der Waals surface area contributed by atoms with E-state index in [1.54, 1.807) is 0 Å². The van der Waals surface area contributed by atoms with Gasteiger partial charge >= 0.3 is 5.97 Å². The molecule has 2 bridgehead atoms. The van der Waals surface area contributed by atoms with Gasteiger partial charge in [0.25, 0.3) is 0 Å². The van der Waals surface area contributed by atoms with E-state index < -0.39 is 5.60 Å². The van der Waals surface area contributed by atoms with Crippen molar-refractivity contribution in [3.8, 4) is 0 Å². The first-order chi connectivity index (χ1) is 9.49. The molecular weight excluding hydrogens is 248 g/mol. The molecule has 2 nitrogen and oxygen atoms in total. The lowest BCUT2D eigenvalue weighted by Crippen LogP contribution is -2.34. The van der Waals surface area contributed by atoms with Gasteiger partial charge in [0.15, 0.2) is 0 Å². The number of fused-ring (bicyclic) bond motifs is 2. The van der Waals surface area contributed by atoms with Crippen molar-refractivity contribution < 1.29 is 9.53 Å². The smallest absolute Gasteiger partial charge is 0.310 e. The number of rotatable bonds is 3. The van der Waals surface area contributed by atoms with Crippen LogP contribution in [-0.4, -0.2) is 5.97 Å². The summed E-state index contributed by atoms with van der Waals surface area (Å²) >= 11 is 0. The predicted molar refractivity (Wildman–Crippen MR) is 79.0 cm³/mol. The maximum absolute atomic E-state index is 12.6. The Labute approximate surface area is 120 Å². The fraction of sp³-hybridized carbons (Fsp3) is 0.500. The van der Waals surface area contributed by atoms with Gasteiger partial charge < -0.3 is 4.74 Å². The topological polar surface area (TPSA) is 26.3 Å². The first kappa shape index (κ1) is 13.4. The van der Waals surface area contributed by atoms with Crippen LogP contribution in [0, 0.1) is 23.7 Å². The first-order valence-corrected chi connectivity index (χ1v) is 7.46. The molecule has 1 saturated carbocycles. The van der Waals surface area contributed by atoms with Crippen molar-refractivity contribution in [2.75, 3.05) is 0 Å². The van der Waals surface area contributed by atoms with Crippen LogP contribution in [0.5, 0.6) is 0 Å². The Morgan fingerprint density at radius 1 is 1.15 bits per heavy atom. The number of ether oxygens (including phenoxy) is 1. The maximum Gasteiger partial charge on any atom is 0.310 e. The number of hydrogen-bond donors (Lipinski definition) is 0. The molecule has 0 radical (unpaired) electrons. The zero-order chi connectivity index (χ0) is 14.3. The summed E-state index contributed by atoms with van der Waals surface area (Å²) in [4.78, 5) is 12.6. The molecule has 1 fully saturated rings. The molecule has 0 aliphatic heterocycles. The Balaban J connectivity index is 1.75. The summed E-state index contributed by atoms with van der Waals surface area (Å²) in [5.74, 6) is 1.35. The molecule has 0 saturated heterocycles. The Hall–Kier alpha value is -1.57. The molecule has 1 aromatic rings. The van der Waals surface area contributed by atoms with Crippen molar-refractivity contribution in [3.05, 3.63) is 48.0 Å². The lowest BCUT2D eigenvalue weighted by Gasteiger charge is -2.30. The summed E-state index contributed by atoms with van der Waals surface area (Å²) in [6.45, 7) is 6.11. The monoisotopic (exact) mass is 270 g/mol. The van der Waals surface area contributed by atoms with Crippen LogP contribution >= 0.6 is 0 Å². The standard InChI is InChI=1S/C18H22O2/c1-12-13-9-10-14(11-13)16(12)17(19)20-18(2,3)15-7-5-4-6-8-15/h4-10,12-14,16H,11H2,1-3H3. The summed E-state index contributed by atoms with van der Waals surface area (Å²) in [7, 11) is 0. The highest BCUT2D eigenvalue weighted by atomic mass is 16.6. The number of benzene rings is 1. The normalized spacial score (nSPS) is 31.6. The second-order valence-corrected chi connectivity index (χ2v) is 6.63. The van der Waals surface area contributed by atoms with Gasteiger partial charge in [-0.2, -0.15) is 0 Å². The van der Waals surface area contributed by atoms with Crippen molar-refractivity contribution in [1.29, 1.82) is 0 Å². The fourth-order valence-electron chi connectivity index (χ4n) is 3.68. The van der Waals surface area contributed by atoms with Crippen LogP contribution in [0.15, 0.2) is 42.5 Å². The van der Waals surface area contributed by atoms with Gasteiger partial charge in [-0.3, -0.25) is 4.79 Å². The third-order valence-electron chi connectivity index (χ3n) is 4.95. The number of carbonyl (C=O) groups is 1. The van der Waals surface area contributed by atoms with E-state index in [4.69, 9.17) is 4.74 Å². The maximum atomic E-state index is 12.6. The third-order valence-corrected chi connectivity index (χ3v) is 4.95. The van der Waals surface area contributed by atoms with Crippen LogP contribution in [0.1, 0.15) is 32.8 Å². The summed E-state index contributed by atoms with van der Waals surface area (Å²) in [6, 6.07) is 9.96.